The van der Waals surface area contributed by atoms with E-state index < -0.39 is 128 Å². The summed E-state index contributed by atoms with van der Waals surface area (Å²) in [6.07, 6.45) is 7.97. The standard InChI is InChI=1S/C58H86N2O21P2/c1-33-16-12-11-13-17-34(2)47(75-8)30-41-21-19-39(7)58(68,81-41)53(64)54(65)60-25-15-14-18-44(60)55(66)79-48(31-45(61)35(3)27-38(6)51(63)52(77-10)50(62)37(5)26-33)36(4)28-40-20-24-46(49(29-40)76-9)80-57(67)78-42-22-23-43(59-32-42)56(82(69,70)71)83(72,73)74/h11-13,16-17,22-23,27,32-33,35-37,39-41,44,46-49,51-52,56,63,68H,14-15,18-21,24-26,28-31H2,1-10H3,(H2,69,70,71)(H2,72,73,74)/b13-11+,16-12-,34-17+,38-27+/t33-,35-,36-,37-,39-,40-,41+,44+,46-,47+,48+,49-,51-,52+,58-/m1/s1. The molecular weight excluding hydrogens is 1120 g/mol. The molecule has 1 aromatic heterocycles. The highest BCUT2D eigenvalue weighted by Gasteiger charge is 2.53. The Bertz CT molecular complexity index is 2630. The maximum absolute atomic E-state index is 14.6. The predicted octanol–water partition coefficient (Wildman–Crippen LogP) is 7.15. The number of nitrogens with zero attached hydrogens (tertiary/aromatic N) is 2. The molecule has 464 valence electrons. The van der Waals surface area contributed by atoms with Crippen molar-refractivity contribution in [1.29, 1.82) is 0 Å². The highest BCUT2D eigenvalue weighted by atomic mass is 31.2. The summed E-state index contributed by atoms with van der Waals surface area (Å²) in [6.45, 7) is 12.3. The summed E-state index contributed by atoms with van der Waals surface area (Å²) in [5.74, 6) is -9.48. The lowest BCUT2D eigenvalue weighted by atomic mass is 9.78. The van der Waals surface area contributed by atoms with Gasteiger partial charge in [0.05, 0.1) is 30.2 Å². The molecule has 83 heavy (non-hydrogen) atoms. The molecule has 4 heterocycles. The highest BCUT2D eigenvalue weighted by molar-refractivity contribution is 7.70. The van der Waals surface area contributed by atoms with Gasteiger partial charge < -0.3 is 67.8 Å². The Morgan fingerprint density at radius 3 is 2.17 bits per heavy atom. The molecule has 3 aliphatic heterocycles. The van der Waals surface area contributed by atoms with E-state index in [1.54, 1.807) is 40.9 Å². The zero-order chi connectivity index (χ0) is 61.7. The van der Waals surface area contributed by atoms with Crippen molar-refractivity contribution >= 4 is 50.6 Å². The van der Waals surface area contributed by atoms with Gasteiger partial charge in [-0.3, -0.25) is 33.3 Å². The Hall–Kier alpha value is -4.61. The first-order chi connectivity index (χ1) is 38.9. The monoisotopic (exact) mass is 1210 g/mol. The van der Waals surface area contributed by atoms with Crippen LogP contribution in [0.15, 0.2) is 65.9 Å². The number of amides is 1. The number of carbonyl (C=O) groups excluding carboxylic acids is 6. The Labute approximate surface area is 485 Å². The molecule has 2 bridgehead atoms. The third-order valence-corrected chi connectivity index (χ3v) is 20.2. The normalized spacial score (nSPS) is 34.5. The van der Waals surface area contributed by atoms with Gasteiger partial charge in [-0.05, 0) is 119 Å². The van der Waals surface area contributed by atoms with E-state index in [0.717, 1.165) is 28.8 Å². The summed E-state index contributed by atoms with van der Waals surface area (Å²) in [7, 11) is -6.40. The highest BCUT2D eigenvalue weighted by Crippen LogP contribution is 2.69. The third-order valence-electron chi connectivity index (χ3n) is 16.6. The number of piperidine rings is 1. The molecule has 0 aromatic carbocycles. The first-order valence-corrected chi connectivity index (χ1v) is 31.7. The van der Waals surface area contributed by atoms with Crippen LogP contribution in [-0.4, -0.2) is 157 Å². The van der Waals surface area contributed by atoms with Gasteiger partial charge in [-0.1, -0.05) is 71.1 Å². The quantitative estimate of drug-likeness (QED) is 0.0554. The van der Waals surface area contributed by atoms with E-state index in [1.165, 1.54) is 14.2 Å². The SMILES string of the molecule is CO[C@H]1C[C@@H]2CC[C@@H](C)[C@@](O)(O2)C(=O)C(=O)N2CCCC[C@H]2C(=O)O[C@H]([C@H](C)C[C@H]2CC[C@@H](OC(=O)Oc3ccc(C(P(=O)(O)O)P(=O)(O)O)nc3)[C@H](OC)C2)CC(=O)[C@H](C)/C=C(\C)[C@@H](O)[C@@H](OC)C(=O)[C@H](C)C[C@H](C)\C=C/C=C/C=C/1C. The molecule has 0 radical (unpaired) electrons. The molecule has 1 saturated carbocycles. The Balaban J connectivity index is 1.40. The molecule has 1 aromatic rings. The zero-order valence-corrected chi connectivity index (χ0v) is 50.9. The summed E-state index contributed by atoms with van der Waals surface area (Å²) in [5, 5.41) is 21.1. The second-order valence-corrected chi connectivity index (χ2v) is 26.8. The zero-order valence-electron chi connectivity index (χ0n) is 49.1. The number of methoxy groups -OCH3 is 3. The van der Waals surface area contributed by atoms with Gasteiger partial charge in [0.25, 0.3) is 11.7 Å². The van der Waals surface area contributed by atoms with Crippen LogP contribution in [0.1, 0.15) is 137 Å². The molecular formula is C58H86N2O21P2. The van der Waals surface area contributed by atoms with Gasteiger partial charge in [-0.15, -0.1) is 0 Å². The van der Waals surface area contributed by atoms with Crippen molar-refractivity contribution in [3.8, 4) is 5.75 Å². The van der Waals surface area contributed by atoms with Crippen molar-refractivity contribution in [3.05, 3.63) is 71.6 Å². The number of fused-ring (bicyclic) bond motifs is 3. The second-order valence-electron chi connectivity index (χ2n) is 23.0. The third kappa shape index (κ3) is 18.7. The lowest BCUT2D eigenvalue weighted by molar-refractivity contribution is -0.265. The molecule has 4 aliphatic rings. The van der Waals surface area contributed by atoms with Gasteiger partial charge in [-0.25, -0.2) is 9.59 Å². The van der Waals surface area contributed by atoms with Gasteiger partial charge in [0.1, 0.15) is 36.2 Å². The number of cyclic esters (lactones) is 1. The first kappa shape index (κ1) is 69.2. The van der Waals surface area contributed by atoms with Crippen LogP contribution in [0.2, 0.25) is 0 Å². The maximum atomic E-state index is 14.6. The lowest BCUT2D eigenvalue weighted by Crippen LogP contribution is -2.61. The first-order valence-electron chi connectivity index (χ1n) is 28.4. The lowest BCUT2D eigenvalue weighted by Gasteiger charge is -2.42. The smallest absolute Gasteiger partial charge is 0.460 e. The number of rotatable bonds is 11. The molecule has 5 rings (SSSR count). The minimum atomic E-state index is -5.35. The van der Waals surface area contributed by atoms with E-state index in [4.69, 9.17) is 33.2 Å². The van der Waals surface area contributed by atoms with Crippen molar-refractivity contribution in [1.82, 2.24) is 9.88 Å². The van der Waals surface area contributed by atoms with Crippen LogP contribution in [0.25, 0.3) is 0 Å². The van der Waals surface area contributed by atoms with Crippen LogP contribution >= 0.6 is 15.2 Å². The number of carbonyl (C=O) groups is 6. The molecule has 15 atom stereocenters. The average molecular weight is 1210 g/mol. The fraction of sp³-hybridized carbons (Fsp3) is 0.672. The van der Waals surface area contributed by atoms with Gasteiger partial charge in [0, 0.05) is 58.5 Å². The number of aliphatic hydroxyl groups excluding tert-OH is 1. The van der Waals surface area contributed by atoms with Gasteiger partial charge in [0.15, 0.2) is 11.5 Å². The number of Topliss-reactive ketones (excluding diaryl/α,β-unsaturated/α-hetero) is 3. The number of hydrogen-bond donors (Lipinski definition) is 6. The van der Waals surface area contributed by atoms with Crippen molar-refractivity contribution < 1.29 is 101 Å². The van der Waals surface area contributed by atoms with Crippen molar-refractivity contribution in [2.75, 3.05) is 27.9 Å². The Morgan fingerprint density at radius 2 is 1.54 bits per heavy atom. The van der Waals surface area contributed by atoms with Crippen LogP contribution in [0.3, 0.4) is 0 Å². The molecule has 25 heteroatoms. The number of hydrogen-bond acceptors (Lipinski definition) is 18. The summed E-state index contributed by atoms with van der Waals surface area (Å²) in [5.41, 5.74) is 0.519. The van der Waals surface area contributed by atoms with Crippen LogP contribution in [0.5, 0.6) is 5.75 Å². The molecule has 1 amide bonds. The van der Waals surface area contributed by atoms with E-state index >= 15 is 0 Å². The van der Waals surface area contributed by atoms with Gasteiger partial charge in [-0.2, -0.15) is 0 Å². The van der Waals surface area contributed by atoms with E-state index in [2.05, 4.69) is 4.98 Å². The predicted molar refractivity (Wildman–Crippen MR) is 301 cm³/mol. The molecule has 6 N–H and O–H groups in total. The van der Waals surface area contributed by atoms with Crippen LogP contribution in [0, 0.1) is 35.5 Å². The average Bonchev–Trinajstić information content (AvgIpc) is 3.53. The van der Waals surface area contributed by atoms with E-state index in [1.807, 2.05) is 51.2 Å². The minimum absolute atomic E-state index is 0.00153. The Morgan fingerprint density at radius 1 is 0.843 bits per heavy atom. The number of aromatic nitrogens is 1. The molecule has 3 fully saturated rings. The van der Waals surface area contributed by atoms with E-state index in [0.29, 0.717) is 56.9 Å². The van der Waals surface area contributed by atoms with E-state index in [9.17, 15) is 67.7 Å². The molecule has 2 saturated heterocycles. The number of ether oxygens (including phenoxy) is 7. The maximum Gasteiger partial charge on any atom is 0.514 e. The van der Waals surface area contributed by atoms with Crippen molar-refractivity contribution in [3.63, 3.8) is 0 Å². The summed E-state index contributed by atoms with van der Waals surface area (Å²) in [6, 6.07) is 0.686. The molecule has 1 aliphatic carbocycles. The minimum Gasteiger partial charge on any atom is -0.460 e. The van der Waals surface area contributed by atoms with Crippen LogP contribution in [0.4, 0.5) is 4.79 Å². The number of aliphatic hydroxyl groups is 2. The largest absolute Gasteiger partial charge is 0.514 e. The fourth-order valence-electron chi connectivity index (χ4n) is 11.6. The van der Waals surface area contributed by atoms with Crippen molar-refractivity contribution in [2.45, 2.75) is 185 Å². The van der Waals surface area contributed by atoms with Crippen LogP contribution in [-0.2, 0) is 61.5 Å². The van der Waals surface area contributed by atoms with Gasteiger partial charge >= 0.3 is 27.3 Å². The summed E-state index contributed by atoms with van der Waals surface area (Å²) in [4.78, 5) is 128. The molecule has 0 unspecified atom stereocenters. The van der Waals surface area contributed by atoms with Crippen molar-refractivity contribution in [2.24, 2.45) is 35.5 Å². The van der Waals surface area contributed by atoms with E-state index in [-0.39, 0.29) is 61.4 Å². The summed E-state index contributed by atoms with van der Waals surface area (Å²) < 4.78 is 64.2. The molecule has 0 spiro atoms. The number of ketones is 3. The number of allylic oxidation sites excluding steroid dienone is 6. The topological polar surface area (TPSA) is 339 Å². The molecule has 23 nitrogen and oxygen atoms in total. The second kappa shape index (κ2) is 30.6. The number of pyridine rings is 1. The Kier molecular flexibility index (Phi) is 25.5. The number of esters is 1. The fourth-order valence-corrected chi connectivity index (χ4v) is 14.2. The van der Waals surface area contributed by atoms with Gasteiger partial charge in [0.2, 0.25) is 11.2 Å². The van der Waals surface area contributed by atoms with Crippen LogP contribution < -0.4 is 4.74 Å². The summed E-state index contributed by atoms with van der Waals surface area (Å²) >= 11 is 0.